The van der Waals surface area contributed by atoms with Gasteiger partial charge in [0.15, 0.2) is 5.58 Å². The molecule has 0 saturated heterocycles. The maximum atomic E-state index is 11.0. The third kappa shape index (κ3) is 1.33. The molecule has 74 valence electrons. The van der Waals surface area contributed by atoms with E-state index in [0.29, 0.717) is 16.7 Å². The molecule has 0 aliphatic rings. The summed E-state index contributed by atoms with van der Waals surface area (Å²) in [7, 11) is 0. The average Bonchev–Trinajstić information content (AvgIpc) is 2.41. The van der Waals surface area contributed by atoms with Gasteiger partial charge in [-0.15, -0.1) is 0 Å². The normalized spacial score (nSPS) is 12.2. The summed E-state index contributed by atoms with van der Waals surface area (Å²) in [5.41, 5.74) is 0.687. The predicted octanol–water partition coefficient (Wildman–Crippen LogP) is 1.35. The molecule has 4 nitrogen and oxygen atoms in total. The molecule has 14 heavy (non-hydrogen) atoms. The molecule has 4 heteroatoms. The van der Waals surface area contributed by atoms with Gasteiger partial charge in [-0.2, -0.15) is 0 Å². The van der Waals surface area contributed by atoms with Gasteiger partial charge in [0.05, 0.1) is 11.1 Å². The molecule has 1 heterocycles. The summed E-state index contributed by atoms with van der Waals surface area (Å²) >= 11 is 0. The fourth-order valence-electron chi connectivity index (χ4n) is 1.48. The molecule has 0 atom stereocenters. The zero-order valence-corrected chi connectivity index (χ0v) is 8.00. The Hall–Kier alpha value is -1.55. The highest BCUT2D eigenvalue weighted by atomic mass is 16.4. The Bertz CT molecular complexity index is 516. The molecular weight excluding hydrogens is 182 g/mol. The van der Waals surface area contributed by atoms with Crippen LogP contribution in [0.1, 0.15) is 19.4 Å². The van der Waals surface area contributed by atoms with E-state index in [4.69, 9.17) is 4.42 Å². The van der Waals surface area contributed by atoms with Crippen LogP contribution in [0, 0.1) is 0 Å². The minimum atomic E-state index is -0.994. The number of para-hydroxylation sites is 1. The smallest absolute Gasteiger partial charge is 0.408 e. The highest BCUT2D eigenvalue weighted by molar-refractivity contribution is 5.76. The molecule has 0 spiro atoms. The van der Waals surface area contributed by atoms with E-state index >= 15 is 0 Å². The summed E-state index contributed by atoms with van der Waals surface area (Å²) in [5, 5.41) is 9.83. The molecule has 0 bridgehead atoms. The van der Waals surface area contributed by atoms with Crippen molar-refractivity contribution in [2.24, 2.45) is 0 Å². The molecular formula is C10H11NO3. The topological polar surface area (TPSA) is 66.2 Å². The second kappa shape index (κ2) is 2.72. The third-order valence-electron chi connectivity index (χ3n) is 2.12. The summed E-state index contributed by atoms with van der Waals surface area (Å²) in [4.78, 5) is 13.5. The Morgan fingerprint density at radius 1 is 1.43 bits per heavy atom. The van der Waals surface area contributed by atoms with Crippen molar-refractivity contribution in [2.75, 3.05) is 0 Å². The number of aromatic nitrogens is 1. The van der Waals surface area contributed by atoms with Crippen molar-refractivity contribution in [3.05, 3.63) is 34.3 Å². The number of aromatic amines is 1. The fraction of sp³-hybridized carbons (Fsp3) is 0.300. The average molecular weight is 193 g/mol. The van der Waals surface area contributed by atoms with E-state index in [0.717, 1.165) is 0 Å². The lowest BCUT2D eigenvalue weighted by molar-refractivity contribution is 0.0800. The lowest BCUT2D eigenvalue weighted by Crippen LogP contribution is -2.16. The largest absolute Gasteiger partial charge is 0.417 e. The van der Waals surface area contributed by atoms with Crippen LogP contribution in [-0.2, 0) is 5.60 Å². The maximum Gasteiger partial charge on any atom is 0.417 e. The van der Waals surface area contributed by atoms with Gasteiger partial charge < -0.3 is 9.52 Å². The zero-order valence-electron chi connectivity index (χ0n) is 8.00. The quantitative estimate of drug-likeness (QED) is 0.718. The van der Waals surface area contributed by atoms with Crippen LogP contribution in [0.25, 0.3) is 11.1 Å². The number of aliphatic hydroxyl groups is 1. The molecule has 2 rings (SSSR count). The van der Waals surface area contributed by atoms with Crippen LogP contribution in [0.3, 0.4) is 0 Å². The SMILES string of the molecule is CC(C)(O)c1cccc2oc(=O)[nH]c12. The Morgan fingerprint density at radius 2 is 2.14 bits per heavy atom. The standard InChI is InChI=1S/C10H11NO3/c1-10(2,13)6-4-3-5-7-8(6)11-9(12)14-7/h3-5,13H,1-2H3,(H,11,12). The first-order chi connectivity index (χ1) is 6.48. The van der Waals surface area contributed by atoms with Crippen LogP contribution in [0.5, 0.6) is 0 Å². The van der Waals surface area contributed by atoms with E-state index in [2.05, 4.69) is 4.98 Å². The van der Waals surface area contributed by atoms with E-state index < -0.39 is 11.4 Å². The fourth-order valence-corrected chi connectivity index (χ4v) is 1.48. The molecule has 0 fully saturated rings. The van der Waals surface area contributed by atoms with E-state index in [9.17, 15) is 9.90 Å². The zero-order chi connectivity index (χ0) is 10.3. The summed E-state index contributed by atoms with van der Waals surface area (Å²) in [6.45, 7) is 3.32. The van der Waals surface area contributed by atoms with Gasteiger partial charge in [0.1, 0.15) is 0 Å². The van der Waals surface area contributed by atoms with Crippen molar-refractivity contribution in [3.63, 3.8) is 0 Å². The maximum absolute atomic E-state index is 11.0. The summed E-state index contributed by atoms with van der Waals surface area (Å²) in [6.07, 6.45) is 0. The van der Waals surface area contributed by atoms with Crippen LogP contribution in [-0.4, -0.2) is 10.1 Å². The second-order valence-corrected chi connectivity index (χ2v) is 3.75. The molecule has 1 aromatic carbocycles. The van der Waals surface area contributed by atoms with Crippen LogP contribution >= 0.6 is 0 Å². The Morgan fingerprint density at radius 3 is 2.79 bits per heavy atom. The van der Waals surface area contributed by atoms with Crippen molar-refractivity contribution in [1.29, 1.82) is 0 Å². The highest BCUT2D eigenvalue weighted by Crippen LogP contribution is 2.25. The molecule has 1 aromatic heterocycles. The first-order valence-electron chi connectivity index (χ1n) is 4.33. The number of hydrogen-bond donors (Lipinski definition) is 2. The molecule has 0 amide bonds. The number of rotatable bonds is 1. The van der Waals surface area contributed by atoms with Crippen molar-refractivity contribution in [2.45, 2.75) is 19.4 Å². The molecule has 0 saturated carbocycles. The van der Waals surface area contributed by atoms with E-state index in [1.54, 1.807) is 32.0 Å². The lowest BCUT2D eigenvalue weighted by Gasteiger charge is -2.17. The Balaban J connectivity index is 2.83. The minimum Gasteiger partial charge on any atom is -0.408 e. The molecule has 0 unspecified atom stereocenters. The van der Waals surface area contributed by atoms with Gasteiger partial charge in [0, 0.05) is 5.56 Å². The minimum absolute atomic E-state index is 0.467. The monoisotopic (exact) mass is 193 g/mol. The van der Waals surface area contributed by atoms with Crippen molar-refractivity contribution in [3.8, 4) is 0 Å². The van der Waals surface area contributed by atoms with Crippen LogP contribution in [0.15, 0.2) is 27.4 Å². The lowest BCUT2D eigenvalue weighted by atomic mass is 9.97. The second-order valence-electron chi connectivity index (χ2n) is 3.75. The Labute approximate surface area is 80.2 Å². The number of fused-ring (bicyclic) bond motifs is 1. The van der Waals surface area contributed by atoms with Gasteiger partial charge in [-0.1, -0.05) is 12.1 Å². The van der Waals surface area contributed by atoms with E-state index in [1.807, 2.05) is 0 Å². The number of nitrogens with one attached hydrogen (secondary N) is 1. The van der Waals surface area contributed by atoms with Crippen molar-refractivity contribution < 1.29 is 9.52 Å². The number of H-pyrrole nitrogens is 1. The van der Waals surface area contributed by atoms with Crippen molar-refractivity contribution >= 4 is 11.1 Å². The first-order valence-corrected chi connectivity index (χ1v) is 4.33. The highest BCUT2D eigenvalue weighted by Gasteiger charge is 2.20. The molecule has 0 aliphatic carbocycles. The van der Waals surface area contributed by atoms with Gasteiger partial charge in [-0.05, 0) is 19.9 Å². The summed E-state index contributed by atoms with van der Waals surface area (Å²) in [5.74, 6) is -0.503. The molecule has 0 radical (unpaired) electrons. The van der Waals surface area contributed by atoms with Gasteiger partial charge >= 0.3 is 5.76 Å². The van der Waals surface area contributed by atoms with Gasteiger partial charge in [-0.25, -0.2) is 4.79 Å². The van der Waals surface area contributed by atoms with Crippen molar-refractivity contribution in [1.82, 2.24) is 4.98 Å². The van der Waals surface area contributed by atoms with Crippen LogP contribution < -0.4 is 5.76 Å². The van der Waals surface area contributed by atoms with Crippen LogP contribution in [0.4, 0.5) is 0 Å². The third-order valence-corrected chi connectivity index (χ3v) is 2.12. The number of hydrogen-bond acceptors (Lipinski definition) is 3. The van der Waals surface area contributed by atoms with Gasteiger partial charge in [-0.3, -0.25) is 4.98 Å². The summed E-state index contributed by atoms with van der Waals surface area (Å²) < 4.78 is 4.88. The van der Waals surface area contributed by atoms with Gasteiger partial charge in [0.25, 0.3) is 0 Å². The molecule has 2 aromatic rings. The molecule has 0 aliphatic heterocycles. The summed E-state index contributed by atoms with van der Waals surface area (Å²) in [6, 6.07) is 5.18. The Kier molecular flexibility index (Phi) is 1.75. The van der Waals surface area contributed by atoms with Gasteiger partial charge in [0.2, 0.25) is 0 Å². The first kappa shape index (κ1) is 9.02. The van der Waals surface area contributed by atoms with E-state index in [-0.39, 0.29) is 0 Å². The number of benzene rings is 1. The number of oxazole rings is 1. The van der Waals surface area contributed by atoms with Crippen LogP contribution in [0.2, 0.25) is 0 Å². The predicted molar refractivity (Wildman–Crippen MR) is 52.1 cm³/mol. The molecule has 2 N–H and O–H groups in total. The van der Waals surface area contributed by atoms with E-state index in [1.165, 1.54) is 0 Å².